The van der Waals surface area contributed by atoms with Gasteiger partial charge in [-0.3, -0.25) is 9.78 Å². The van der Waals surface area contributed by atoms with Gasteiger partial charge < -0.3 is 14.5 Å². The van der Waals surface area contributed by atoms with Crippen molar-refractivity contribution in [1.29, 1.82) is 0 Å². The quantitative estimate of drug-likeness (QED) is 0.854. The second-order valence-electron chi connectivity index (χ2n) is 5.67. The summed E-state index contributed by atoms with van der Waals surface area (Å²) in [5.74, 6) is 0.914. The van der Waals surface area contributed by atoms with Gasteiger partial charge in [-0.25, -0.2) is 4.98 Å². The van der Waals surface area contributed by atoms with E-state index >= 15 is 0 Å². The molecule has 1 aliphatic rings. The van der Waals surface area contributed by atoms with E-state index in [-0.39, 0.29) is 12.0 Å². The molecule has 0 aromatic carbocycles. The Bertz CT molecular complexity index is 660. The van der Waals surface area contributed by atoms with Gasteiger partial charge in [0.05, 0.1) is 19.6 Å². The molecule has 0 aliphatic carbocycles. The van der Waals surface area contributed by atoms with E-state index in [9.17, 15) is 4.79 Å². The van der Waals surface area contributed by atoms with Crippen LogP contribution in [0.25, 0.3) is 0 Å². The Hall–Kier alpha value is -1.99. The molecule has 7 heteroatoms. The van der Waals surface area contributed by atoms with Gasteiger partial charge in [-0.05, 0) is 22.4 Å². The number of ether oxygens (including phenoxy) is 1. The fourth-order valence-electron chi connectivity index (χ4n) is 2.63. The molecule has 2 aromatic heterocycles. The van der Waals surface area contributed by atoms with Crippen LogP contribution in [0.5, 0.6) is 0 Å². The predicted molar refractivity (Wildman–Crippen MR) is 89.7 cm³/mol. The van der Waals surface area contributed by atoms with Crippen molar-refractivity contribution in [1.82, 2.24) is 14.9 Å². The molecule has 0 spiro atoms. The third-order valence-corrected chi connectivity index (χ3v) is 4.52. The van der Waals surface area contributed by atoms with Crippen molar-refractivity contribution in [2.45, 2.75) is 12.5 Å². The highest BCUT2D eigenvalue weighted by Crippen LogP contribution is 2.26. The van der Waals surface area contributed by atoms with Gasteiger partial charge in [0.1, 0.15) is 11.8 Å². The largest absolute Gasteiger partial charge is 0.368 e. The zero-order valence-corrected chi connectivity index (χ0v) is 14.1. The minimum atomic E-state index is -0.235. The number of carbonyl (C=O) groups is 1. The monoisotopic (exact) mass is 332 g/mol. The van der Waals surface area contributed by atoms with Crippen LogP contribution < -0.4 is 4.90 Å². The normalized spacial score (nSPS) is 18.0. The molecule has 1 atom stereocenters. The summed E-state index contributed by atoms with van der Waals surface area (Å²) in [5.41, 5.74) is 1.85. The number of amides is 1. The molecule has 3 heterocycles. The summed E-state index contributed by atoms with van der Waals surface area (Å²) in [7, 11) is 3.85. The maximum atomic E-state index is 12.5. The lowest BCUT2D eigenvalue weighted by atomic mass is 10.1. The van der Waals surface area contributed by atoms with E-state index in [4.69, 9.17) is 4.74 Å². The SMILES string of the molecule is CN(C)c1nccnc1[C@H]1CN(C(=O)Cc2ccsc2)CCO1. The summed E-state index contributed by atoms with van der Waals surface area (Å²) in [6.07, 6.45) is 3.54. The summed E-state index contributed by atoms with van der Waals surface area (Å²) in [6.45, 7) is 1.66. The topological polar surface area (TPSA) is 58.6 Å². The highest BCUT2D eigenvalue weighted by Gasteiger charge is 2.28. The van der Waals surface area contributed by atoms with Crippen LogP contribution in [0, 0.1) is 0 Å². The van der Waals surface area contributed by atoms with Crippen LogP contribution in [0.15, 0.2) is 29.2 Å². The van der Waals surface area contributed by atoms with Gasteiger partial charge in [-0.2, -0.15) is 11.3 Å². The first-order chi connectivity index (χ1) is 11.1. The van der Waals surface area contributed by atoms with Gasteiger partial charge in [-0.1, -0.05) is 0 Å². The molecule has 23 heavy (non-hydrogen) atoms. The molecule has 0 bridgehead atoms. The Kier molecular flexibility index (Phi) is 4.88. The van der Waals surface area contributed by atoms with E-state index in [0.29, 0.717) is 26.1 Å². The summed E-state index contributed by atoms with van der Waals surface area (Å²) >= 11 is 1.61. The molecule has 2 aromatic rings. The second-order valence-corrected chi connectivity index (χ2v) is 6.45. The van der Waals surface area contributed by atoms with Crippen LogP contribution in [0.2, 0.25) is 0 Å². The fraction of sp³-hybridized carbons (Fsp3) is 0.438. The van der Waals surface area contributed by atoms with Crippen LogP contribution in [0.4, 0.5) is 5.82 Å². The number of thiophene rings is 1. The lowest BCUT2D eigenvalue weighted by Gasteiger charge is -2.33. The first-order valence-electron chi connectivity index (χ1n) is 7.54. The van der Waals surface area contributed by atoms with E-state index < -0.39 is 0 Å². The van der Waals surface area contributed by atoms with Crippen molar-refractivity contribution >= 4 is 23.1 Å². The number of morpholine rings is 1. The molecule has 1 aliphatic heterocycles. The number of carbonyl (C=O) groups excluding carboxylic acids is 1. The third-order valence-electron chi connectivity index (χ3n) is 3.79. The van der Waals surface area contributed by atoms with E-state index in [2.05, 4.69) is 9.97 Å². The average molecular weight is 332 g/mol. The Morgan fingerprint density at radius 2 is 2.26 bits per heavy atom. The molecule has 0 unspecified atom stereocenters. The second kappa shape index (κ2) is 7.06. The number of nitrogens with zero attached hydrogens (tertiary/aromatic N) is 4. The summed E-state index contributed by atoms with van der Waals surface area (Å²) in [6, 6.07) is 1.99. The van der Waals surface area contributed by atoms with Crippen molar-refractivity contribution in [3.8, 4) is 0 Å². The first-order valence-corrected chi connectivity index (χ1v) is 8.48. The lowest BCUT2D eigenvalue weighted by molar-refractivity contribution is -0.138. The number of aromatic nitrogens is 2. The maximum Gasteiger partial charge on any atom is 0.227 e. The minimum Gasteiger partial charge on any atom is -0.368 e. The summed E-state index contributed by atoms with van der Waals surface area (Å²) in [4.78, 5) is 25.1. The Labute approximate surface area is 139 Å². The van der Waals surface area contributed by atoms with Gasteiger partial charge in [0, 0.05) is 33.0 Å². The van der Waals surface area contributed by atoms with Gasteiger partial charge >= 0.3 is 0 Å². The first kappa shape index (κ1) is 15.9. The van der Waals surface area contributed by atoms with Crippen molar-refractivity contribution in [3.05, 3.63) is 40.5 Å². The molecule has 1 fully saturated rings. The Morgan fingerprint density at radius 3 is 3.00 bits per heavy atom. The number of anilines is 1. The molecular formula is C16H20N4O2S. The Morgan fingerprint density at radius 1 is 1.43 bits per heavy atom. The molecule has 0 saturated carbocycles. The number of rotatable bonds is 4. The van der Waals surface area contributed by atoms with E-state index in [1.54, 1.807) is 23.7 Å². The van der Waals surface area contributed by atoms with E-state index in [1.807, 2.05) is 40.7 Å². The van der Waals surface area contributed by atoms with Crippen LogP contribution >= 0.6 is 11.3 Å². The molecule has 6 nitrogen and oxygen atoms in total. The standard InChI is InChI=1S/C16H20N4O2S/c1-19(2)16-15(17-4-5-18-16)13-10-20(6-7-22-13)14(21)9-12-3-8-23-11-12/h3-5,8,11,13H,6-7,9-10H2,1-2H3/t13-/m1/s1. The maximum absolute atomic E-state index is 12.5. The van der Waals surface area contributed by atoms with Gasteiger partial charge in [0.15, 0.2) is 5.82 Å². The van der Waals surface area contributed by atoms with E-state index in [0.717, 1.165) is 17.1 Å². The van der Waals surface area contributed by atoms with Gasteiger partial charge in [0.2, 0.25) is 5.91 Å². The number of hydrogen-bond acceptors (Lipinski definition) is 6. The highest BCUT2D eigenvalue weighted by molar-refractivity contribution is 7.07. The minimum absolute atomic E-state index is 0.131. The molecule has 0 N–H and O–H groups in total. The average Bonchev–Trinajstić information content (AvgIpc) is 3.08. The summed E-state index contributed by atoms with van der Waals surface area (Å²) in [5, 5.41) is 4.01. The van der Waals surface area contributed by atoms with Crippen LogP contribution in [-0.2, 0) is 16.0 Å². The van der Waals surface area contributed by atoms with Crippen LogP contribution in [0.3, 0.4) is 0 Å². The zero-order chi connectivity index (χ0) is 16.2. The molecule has 122 valence electrons. The van der Waals surface area contributed by atoms with E-state index in [1.165, 1.54) is 0 Å². The van der Waals surface area contributed by atoms with Crippen LogP contribution in [0.1, 0.15) is 17.4 Å². The van der Waals surface area contributed by atoms with Crippen LogP contribution in [-0.4, -0.2) is 54.6 Å². The molecule has 3 rings (SSSR count). The summed E-state index contributed by atoms with van der Waals surface area (Å²) < 4.78 is 5.85. The fourth-order valence-corrected chi connectivity index (χ4v) is 3.30. The smallest absolute Gasteiger partial charge is 0.227 e. The lowest BCUT2D eigenvalue weighted by Crippen LogP contribution is -2.43. The van der Waals surface area contributed by atoms with Crippen molar-refractivity contribution in [2.24, 2.45) is 0 Å². The zero-order valence-electron chi connectivity index (χ0n) is 13.3. The van der Waals surface area contributed by atoms with Crippen molar-refractivity contribution in [3.63, 3.8) is 0 Å². The Balaban J connectivity index is 1.72. The third kappa shape index (κ3) is 3.68. The number of hydrogen-bond donors (Lipinski definition) is 0. The molecule has 0 radical (unpaired) electrons. The highest BCUT2D eigenvalue weighted by atomic mass is 32.1. The van der Waals surface area contributed by atoms with Crippen molar-refractivity contribution < 1.29 is 9.53 Å². The molecule has 1 saturated heterocycles. The molecule has 1 amide bonds. The molecular weight excluding hydrogens is 312 g/mol. The van der Waals surface area contributed by atoms with Gasteiger partial charge in [0.25, 0.3) is 0 Å². The van der Waals surface area contributed by atoms with Gasteiger partial charge in [-0.15, -0.1) is 0 Å². The van der Waals surface area contributed by atoms with Crippen molar-refractivity contribution in [2.75, 3.05) is 38.7 Å². The predicted octanol–water partition coefficient (Wildman–Crippen LogP) is 1.75.